The van der Waals surface area contributed by atoms with Crippen LogP contribution in [-0.4, -0.2) is 39.2 Å². The van der Waals surface area contributed by atoms with Gasteiger partial charge in [0.05, 0.1) is 23.5 Å². The summed E-state index contributed by atoms with van der Waals surface area (Å²) in [6, 6.07) is 16.1. The number of piperidine rings is 1. The van der Waals surface area contributed by atoms with Crippen molar-refractivity contribution in [3.05, 3.63) is 82.7 Å². The fourth-order valence-electron chi connectivity index (χ4n) is 6.13. The molecule has 1 aliphatic carbocycles. The molecule has 1 aromatic heterocycles. The SMILES string of the molecule is CC12CCCc3cn[nH]c3C1Nc1ccc(C(=O)N3CCC(O)(c4ccccc4)CC3)cc12. The van der Waals surface area contributed by atoms with E-state index in [1.807, 2.05) is 47.5 Å². The summed E-state index contributed by atoms with van der Waals surface area (Å²) in [4.78, 5) is 15.3. The third-order valence-electron chi connectivity index (χ3n) is 8.19. The standard InChI is InChI=1S/C27H30N4O2/c1-26-11-5-6-19-17-28-30-23(19)24(26)29-22-10-9-18(16-21(22)26)25(32)31-14-12-27(33,13-15-31)20-7-3-2-4-8-20/h2-4,7-10,16-17,24,29,33H,5-6,11-15H2,1H3,(H,28,30). The van der Waals surface area contributed by atoms with Gasteiger partial charge in [0, 0.05) is 29.8 Å². The third kappa shape index (κ3) is 3.19. The highest BCUT2D eigenvalue weighted by Gasteiger charge is 2.47. The van der Waals surface area contributed by atoms with E-state index in [9.17, 15) is 9.90 Å². The van der Waals surface area contributed by atoms with Crippen LogP contribution in [-0.2, 0) is 17.4 Å². The van der Waals surface area contributed by atoms with Crippen LogP contribution in [0.25, 0.3) is 0 Å². The van der Waals surface area contributed by atoms with Crippen molar-refractivity contribution in [2.75, 3.05) is 18.4 Å². The first-order chi connectivity index (χ1) is 16.0. The molecule has 1 fully saturated rings. The van der Waals surface area contributed by atoms with E-state index < -0.39 is 5.60 Å². The number of amides is 1. The Morgan fingerprint density at radius 3 is 2.70 bits per heavy atom. The number of likely N-dealkylation sites (tertiary alicyclic amines) is 1. The first kappa shape index (κ1) is 20.5. The van der Waals surface area contributed by atoms with Gasteiger partial charge in [0.15, 0.2) is 0 Å². The summed E-state index contributed by atoms with van der Waals surface area (Å²) >= 11 is 0. The molecule has 3 aliphatic rings. The topological polar surface area (TPSA) is 81.2 Å². The number of aliphatic hydroxyl groups is 1. The summed E-state index contributed by atoms with van der Waals surface area (Å²) in [6.45, 7) is 3.41. The van der Waals surface area contributed by atoms with Crippen LogP contribution < -0.4 is 5.32 Å². The van der Waals surface area contributed by atoms with Gasteiger partial charge in [0.1, 0.15) is 0 Å². The van der Waals surface area contributed by atoms with E-state index in [0.29, 0.717) is 25.9 Å². The highest BCUT2D eigenvalue weighted by Crippen LogP contribution is 2.53. The molecule has 6 rings (SSSR count). The van der Waals surface area contributed by atoms with Gasteiger partial charge < -0.3 is 15.3 Å². The molecule has 1 saturated heterocycles. The van der Waals surface area contributed by atoms with Gasteiger partial charge >= 0.3 is 0 Å². The van der Waals surface area contributed by atoms with E-state index >= 15 is 0 Å². The molecule has 3 N–H and O–H groups in total. The monoisotopic (exact) mass is 442 g/mol. The van der Waals surface area contributed by atoms with Crippen molar-refractivity contribution in [3.63, 3.8) is 0 Å². The Morgan fingerprint density at radius 1 is 1.12 bits per heavy atom. The molecule has 0 saturated carbocycles. The first-order valence-electron chi connectivity index (χ1n) is 12.0. The second kappa shape index (κ2) is 7.45. The molecule has 6 heteroatoms. The maximum Gasteiger partial charge on any atom is 0.253 e. The third-order valence-corrected chi connectivity index (χ3v) is 8.19. The number of aromatic nitrogens is 2. The Morgan fingerprint density at radius 2 is 1.91 bits per heavy atom. The minimum absolute atomic E-state index is 0.0517. The van der Waals surface area contributed by atoms with Gasteiger partial charge in [0.2, 0.25) is 0 Å². The number of rotatable bonds is 2. The van der Waals surface area contributed by atoms with Crippen LogP contribution in [0.5, 0.6) is 0 Å². The Bertz CT molecular complexity index is 1200. The first-order valence-corrected chi connectivity index (χ1v) is 12.0. The Hall–Kier alpha value is -3.12. The van der Waals surface area contributed by atoms with Gasteiger partial charge in [-0.05, 0) is 67.0 Å². The van der Waals surface area contributed by atoms with Crippen molar-refractivity contribution in [2.45, 2.75) is 56.1 Å². The molecular formula is C27H30N4O2. The van der Waals surface area contributed by atoms with Crippen molar-refractivity contribution in [3.8, 4) is 0 Å². The maximum atomic E-state index is 13.4. The Balaban J connectivity index is 1.24. The average molecular weight is 443 g/mol. The lowest BCUT2D eigenvalue weighted by molar-refractivity contribution is -0.0211. The molecule has 1 amide bonds. The van der Waals surface area contributed by atoms with Gasteiger partial charge in [-0.15, -0.1) is 0 Å². The Kier molecular flexibility index (Phi) is 4.63. The molecule has 2 unspecified atom stereocenters. The molecule has 0 radical (unpaired) electrons. The molecule has 2 atom stereocenters. The molecule has 3 aromatic rings. The average Bonchev–Trinajstić information content (AvgIpc) is 3.38. The van der Waals surface area contributed by atoms with Crippen molar-refractivity contribution in [1.82, 2.24) is 15.1 Å². The van der Waals surface area contributed by atoms with E-state index in [1.54, 1.807) is 0 Å². The van der Waals surface area contributed by atoms with Crippen molar-refractivity contribution in [2.24, 2.45) is 0 Å². The number of anilines is 1. The number of fused-ring (bicyclic) bond motifs is 5. The summed E-state index contributed by atoms with van der Waals surface area (Å²) in [7, 11) is 0. The number of carbonyl (C=O) groups excluding carboxylic acids is 1. The zero-order valence-electron chi connectivity index (χ0n) is 19.0. The number of H-pyrrole nitrogens is 1. The van der Waals surface area contributed by atoms with E-state index in [1.165, 1.54) is 16.8 Å². The maximum absolute atomic E-state index is 13.4. The summed E-state index contributed by atoms with van der Waals surface area (Å²) in [5.41, 5.74) is 5.52. The molecule has 2 aromatic carbocycles. The predicted molar refractivity (Wildman–Crippen MR) is 127 cm³/mol. The van der Waals surface area contributed by atoms with Crippen molar-refractivity contribution < 1.29 is 9.90 Å². The fraction of sp³-hybridized carbons (Fsp3) is 0.407. The number of carbonyl (C=O) groups is 1. The quantitative estimate of drug-likeness (QED) is 0.553. The molecule has 2 aliphatic heterocycles. The van der Waals surface area contributed by atoms with E-state index in [2.05, 4.69) is 34.6 Å². The molecule has 6 nitrogen and oxygen atoms in total. The molecule has 33 heavy (non-hydrogen) atoms. The van der Waals surface area contributed by atoms with Crippen LogP contribution in [0.1, 0.15) is 71.4 Å². The lowest BCUT2D eigenvalue weighted by Gasteiger charge is -2.38. The summed E-state index contributed by atoms with van der Waals surface area (Å²) in [6.07, 6.45) is 6.25. The number of nitrogens with zero attached hydrogens (tertiary/aromatic N) is 2. The van der Waals surface area contributed by atoms with Crippen LogP contribution in [0, 0.1) is 0 Å². The van der Waals surface area contributed by atoms with Gasteiger partial charge in [-0.1, -0.05) is 37.3 Å². The molecule has 170 valence electrons. The van der Waals surface area contributed by atoms with E-state index in [0.717, 1.165) is 36.1 Å². The fourth-order valence-corrected chi connectivity index (χ4v) is 6.13. The second-order valence-corrected chi connectivity index (χ2v) is 10.1. The summed E-state index contributed by atoms with van der Waals surface area (Å²) < 4.78 is 0. The normalized spacial score (nSPS) is 25.4. The van der Waals surface area contributed by atoms with Crippen LogP contribution in [0.3, 0.4) is 0 Å². The highest BCUT2D eigenvalue weighted by molar-refractivity contribution is 5.95. The molecule has 3 heterocycles. The van der Waals surface area contributed by atoms with Crippen LogP contribution in [0.4, 0.5) is 5.69 Å². The highest BCUT2D eigenvalue weighted by atomic mass is 16.3. The lowest BCUT2D eigenvalue weighted by Crippen LogP contribution is -2.45. The van der Waals surface area contributed by atoms with Crippen molar-refractivity contribution >= 4 is 11.6 Å². The van der Waals surface area contributed by atoms with Crippen LogP contribution in [0.15, 0.2) is 54.7 Å². The number of hydrogen-bond donors (Lipinski definition) is 3. The van der Waals surface area contributed by atoms with Gasteiger partial charge in [0.25, 0.3) is 5.91 Å². The number of nitrogens with one attached hydrogen (secondary N) is 2. The number of benzene rings is 2. The van der Waals surface area contributed by atoms with Gasteiger partial charge in [-0.25, -0.2) is 0 Å². The largest absolute Gasteiger partial charge is 0.385 e. The van der Waals surface area contributed by atoms with E-state index in [-0.39, 0.29) is 17.4 Å². The number of hydrogen-bond acceptors (Lipinski definition) is 4. The van der Waals surface area contributed by atoms with Crippen molar-refractivity contribution in [1.29, 1.82) is 0 Å². The molecule has 0 bridgehead atoms. The zero-order chi connectivity index (χ0) is 22.6. The smallest absolute Gasteiger partial charge is 0.253 e. The second-order valence-electron chi connectivity index (χ2n) is 10.1. The minimum Gasteiger partial charge on any atom is -0.385 e. The van der Waals surface area contributed by atoms with Crippen LogP contribution >= 0.6 is 0 Å². The lowest BCUT2D eigenvalue weighted by atomic mass is 9.74. The van der Waals surface area contributed by atoms with Crippen LogP contribution in [0.2, 0.25) is 0 Å². The van der Waals surface area contributed by atoms with Gasteiger partial charge in [-0.2, -0.15) is 5.10 Å². The van der Waals surface area contributed by atoms with E-state index in [4.69, 9.17) is 0 Å². The molecule has 0 spiro atoms. The summed E-state index contributed by atoms with van der Waals surface area (Å²) in [5, 5.41) is 22.4. The van der Waals surface area contributed by atoms with Gasteiger partial charge in [-0.3, -0.25) is 9.89 Å². The predicted octanol–water partition coefficient (Wildman–Crippen LogP) is 4.29. The minimum atomic E-state index is -0.858. The molecular weight excluding hydrogens is 412 g/mol. The number of aryl methyl sites for hydroxylation is 1. The Labute approximate surface area is 194 Å². The summed E-state index contributed by atoms with van der Waals surface area (Å²) in [5.74, 6) is 0.0517. The zero-order valence-corrected chi connectivity index (χ0v) is 19.0. The number of aromatic amines is 1.